The van der Waals surface area contributed by atoms with Gasteiger partial charge in [0.15, 0.2) is 0 Å². The van der Waals surface area contributed by atoms with Crippen LogP contribution >= 0.6 is 23.2 Å². The van der Waals surface area contributed by atoms with E-state index in [1.807, 2.05) is 0 Å². The van der Waals surface area contributed by atoms with Gasteiger partial charge < -0.3 is 14.6 Å². The van der Waals surface area contributed by atoms with Gasteiger partial charge in [0.05, 0.1) is 11.6 Å². The molecule has 1 aromatic carbocycles. The fourth-order valence-electron chi connectivity index (χ4n) is 1.08. The second-order valence-corrected chi connectivity index (χ2v) is 4.10. The Bertz CT molecular complexity index is 401. The van der Waals surface area contributed by atoms with E-state index in [2.05, 4.69) is 5.92 Å². The minimum absolute atomic E-state index is 0.0753. The van der Waals surface area contributed by atoms with Gasteiger partial charge in [0.2, 0.25) is 0 Å². The number of rotatable bonds is 6. The lowest BCUT2D eigenvalue weighted by Gasteiger charge is -2.12. The van der Waals surface area contributed by atoms with Crippen LogP contribution in [0, 0.1) is 12.3 Å². The van der Waals surface area contributed by atoms with Gasteiger partial charge in [-0.05, 0) is 18.2 Å². The highest BCUT2D eigenvalue weighted by molar-refractivity contribution is 6.35. The molecule has 0 bridgehead atoms. The molecule has 0 radical (unpaired) electrons. The molecule has 0 saturated heterocycles. The van der Waals surface area contributed by atoms with E-state index >= 15 is 0 Å². The lowest BCUT2D eigenvalue weighted by molar-refractivity contribution is 0.0229. The summed E-state index contributed by atoms with van der Waals surface area (Å²) in [6, 6.07) is 4.86. The highest BCUT2D eigenvalue weighted by Crippen LogP contribution is 2.27. The fraction of sp³-hybridized carbons (Fsp3) is 0.333. The van der Waals surface area contributed by atoms with E-state index in [0.717, 1.165) is 0 Å². The molecule has 0 saturated carbocycles. The van der Waals surface area contributed by atoms with Crippen LogP contribution in [0.2, 0.25) is 10.0 Å². The fourth-order valence-corrected chi connectivity index (χ4v) is 1.54. The molecule has 0 aliphatic heterocycles. The van der Waals surface area contributed by atoms with Crippen LogP contribution in [0.1, 0.15) is 0 Å². The zero-order chi connectivity index (χ0) is 12.7. The number of hydrogen-bond acceptors (Lipinski definition) is 3. The standard InChI is InChI=1S/C12H12Cl2O3/c1-2-5-16-7-10(15)8-17-12-4-3-9(13)6-11(12)14/h1,3-4,6,10,15H,5,7-8H2. The number of terminal acetylenes is 1. The third kappa shape index (κ3) is 5.29. The van der Waals surface area contributed by atoms with Gasteiger partial charge >= 0.3 is 0 Å². The van der Waals surface area contributed by atoms with E-state index in [0.29, 0.717) is 15.8 Å². The number of halogens is 2. The van der Waals surface area contributed by atoms with E-state index in [9.17, 15) is 5.11 Å². The Balaban J connectivity index is 2.37. The van der Waals surface area contributed by atoms with Gasteiger partial charge in [-0.2, -0.15) is 0 Å². The smallest absolute Gasteiger partial charge is 0.138 e. The molecular weight excluding hydrogens is 263 g/mol. The first-order chi connectivity index (χ1) is 8.13. The van der Waals surface area contributed by atoms with E-state index in [1.54, 1.807) is 18.2 Å². The van der Waals surface area contributed by atoms with Crippen LogP contribution in [0.4, 0.5) is 0 Å². The molecular formula is C12H12Cl2O3. The van der Waals surface area contributed by atoms with Crippen molar-refractivity contribution in [2.24, 2.45) is 0 Å². The lowest BCUT2D eigenvalue weighted by Crippen LogP contribution is -2.23. The number of benzene rings is 1. The van der Waals surface area contributed by atoms with Crippen LogP contribution in [0.3, 0.4) is 0 Å². The molecule has 0 aromatic heterocycles. The van der Waals surface area contributed by atoms with Crippen LogP contribution in [0.5, 0.6) is 5.75 Å². The number of ether oxygens (including phenoxy) is 2. The minimum atomic E-state index is -0.755. The maximum Gasteiger partial charge on any atom is 0.138 e. The van der Waals surface area contributed by atoms with E-state index < -0.39 is 6.10 Å². The summed E-state index contributed by atoms with van der Waals surface area (Å²) in [4.78, 5) is 0. The largest absolute Gasteiger partial charge is 0.489 e. The van der Waals surface area contributed by atoms with Crippen molar-refractivity contribution in [2.45, 2.75) is 6.10 Å². The normalized spacial score (nSPS) is 11.9. The Morgan fingerprint density at radius 2 is 2.12 bits per heavy atom. The van der Waals surface area contributed by atoms with Crippen molar-refractivity contribution < 1.29 is 14.6 Å². The van der Waals surface area contributed by atoms with Crippen LogP contribution in [-0.4, -0.2) is 31.0 Å². The topological polar surface area (TPSA) is 38.7 Å². The van der Waals surface area contributed by atoms with E-state index in [4.69, 9.17) is 39.1 Å². The Morgan fingerprint density at radius 3 is 2.76 bits per heavy atom. The molecule has 1 N–H and O–H groups in total. The monoisotopic (exact) mass is 274 g/mol. The Labute approximate surface area is 110 Å². The maximum absolute atomic E-state index is 9.49. The van der Waals surface area contributed by atoms with Crippen molar-refractivity contribution in [3.05, 3.63) is 28.2 Å². The molecule has 0 heterocycles. The highest BCUT2D eigenvalue weighted by atomic mass is 35.5. The maximum atomic E-state index is 9.49. The SMILES string of the molecule is C#CCOCC(O)COc1ccc(Cl)cc1Cl. The first kappa shape index (κ1) is 14.1. The molecule has 92 valence electrons. The van der Waals surface area contributed by atoms with Gasteiger partial charge in [0.25, 0.3) is 0 Å². The molecule has 0 aliphatic rings. The molecule has 0 fully saturated rings. The van der Waals surface area contributed by atoms with Crippen LogP contribution < -0.4 is 4.74 Å². The van der Waals surface area contributed by atoms with Crippen molar-refractivity contribution in [1.82, 2.24) is 0 Å². The summed E-state index contributed by atoms with van der Waals surface area (Å²) in [7, 11) is 0. The molecule has 1 rings (SSSR count). The third-order valence-corrected chi connectivity index (χ3v) is 2.35. The Morgan fingerprint density at radius 1 is 1.35 bits per heavy atom. The molecule has 1 atom stereocenters. The van der Waals surface area contributed by atoms with Crippen LogP contribution in [0.15, 0.2) is 18.2 Å². The predicted molar refractivity (Wildman–Crippen MR) is 67.6 cm³/mol. The number of aliphatic hydroxyl groups excluding tert-OH is 1. The van der Waals surface area contributed by atoms with Crippen molar-refractivity contribution in [3.63, 3.8) is 0 Å². The first-order valence-electron chi connectivity index (χ1n) is 4.90. The van der Waals surface area contributed by atoms with Gasteiger partial charge in [0, 0.05) is 5.02 Å². The molecule has 5 heteroatoms. The minimum Gasteiger partial charge on any atom is -0.489 e. The lowest BCUT2D eigenvalue weighted by atomic mass is 10.3. The molecule has 3 nitrogen and oxygen atoms in total. The zero-order valence-corrected chi connectivity index (χ0v) is 10.5. The van der Waals surface area contributed by atoms with Crippen molar-refractivity contribution >= 4 is 23.2 Å². The number of aliphatic hydroxyl groups is 1. The van der Waals surface area contributed by atoms with E-state index in [-0.39, 0.29) is 19.8 Å². The molecule has 1 unspecified atom stereocenters. The summed E-state index contributed by atoms with van der Waals surface area (Å²) in [5.41, 5.74) is 0. The quantitative estimate of drug-likeness (QED) is 0.640. The van der Waals surface area contributed by atoms with E-state index in [1.165, 1.54) is 0 Å². The highest BCUT2D eigenvalue weighted by Gasteiger charge is 2.07. The van der Waals surface area contributed by atoms with Crippen molar-refractivity contribution in [3.8, 4) is 18.1 Å². The summed E-state index contributed by atoms with van der Waals surface area (Å²) in [5.74, 6) is 2.77. The Hall–Kier alpha value is -0.920. The number of hydrogen-bond donors (Lipinski definition) is 1. The van der Waals surface area contributed by atoms with Gasteiger partial charge in [-0.3, -0.25) is 0 Å². The average Bonchev–Trinajstić information content (AvgIpc) is 2.28. The summed E-state index contributed by atoms with van der Waals surface area (Å²) in [6.07, 6.45) is 4.24. The predicted octanol–water partition coefficient (Wildman–Crippen LogP) is 2.38. The summed E-state index contributed by atoms with van der Waals surface area (Å²) in [6.45, 7) is 0.361. The van der Waals surface area contributed by atoms with Crippen LogP contribution in [0.25, 0.3) is 0 Å². The average molecular weight is 275 g/mol. The van der Waals surface area contributed by atoms with Crippen molar-refractivity contribution in [2.75, 3.05) is 19.8 Å². The molecule has 17 heavy (non-hydrogen) atoms. The summed E-state index contributed by atoms with van der Waals surface area (Å²) in [5, 5.41) is 10.4. The van der Waals surface area contributed by atoms with Gasteiger partial charge in [-0.15, -0.1) is 6.42 Å². The second-order valence-electron chi connectivity index (χ2n) is 3.26. The zero-order valence-electron chi connectivity index (χ0n) is 9.03. The van der Waals surface area contributed by atoms with Gasteiger partial charge in [-0.25, -0.2) is 0 Å². The molecule has 0 spiro atoms. The van der Waals surface area contributed by atoms with Gasteiger partial charge in [0.1, 0.15) is 25.1 Å². The molecule has 0 aliphatic carbocycles. The molecule has 1 aromatic rings. The van der Waals surface area contributed by atoms with Gasteiger partial charge in [-0.1, -0.05) is 29.1 Å². The van der Waals surface area contributed by atoms with Crippen LogP contribution in [-0.2, 0) is 4.74 Å². The Kier molecular flexibility index (Phi) is 6.17. The molecule has 0 amide bonds. The third-order valence-electron chi connectivity index (χ3n) is 1.82. The second kappa shape index (κ2) is 7.41. The first-order valence-corrected chi connectivity index (χ1v) is 5.66. The van der Waals surface area contributed by atoms with Crippen molar-refractivity contribution in [1.29, 1.82) is 0 Å². The summed E-state index contributed by atoms with van der Waals surface area (Å²) < 4.78 is 10.3. The summed E-state index contributed by atoms with van der Waals surface area (Å²) >= 11 is 11.6.